The Balaban J connectivity index is 0.00000506. The maximum Gasteiger partial charge on any atom is 0.246 e. The maximum absolute atomic E-state index is 13.8. The maximum atomic E-state index is 13.8. The summed E-state index contributed by atoms with van der Waals surface area (Å²) in [5.74, 6) is 0.656. The van der Waals surface area contributed by atoms with Crippen molar-refractivity contribution in [2.24, 2.45) is 5.41 Å². The van der Waals surface area contributed by atoms with Crippen LogP contribution in [0.5, 0.6) is 5.75 Å². The lowest BCUT2D eigenvalue weighted by Gasteiger charge is -2.36. The fourth-order valence-corrected chi connectivity index (χ4v) is 5.26. The van der Waals surface area contributed by atoms with Gasteiger partial charge in [0.25, 0.3) is 0 Å². The zero-order chi connectivity index (χ0) is 30.4. The van der Waals surface area contributed by atoms with Crippen LogP contribution < -0.4 is 20.7 Å². The van der Waals surface area contributed by atoms with Crippen LogP contribution in [0.15, 0.2) is 48.8 Å². The second-order valence-corrected chi connectivity index (χ2v) is 11.9. The predicted molar refractivity (Wildman–Crippen MR) is 170 cm³/mol. The molecular weight excluding hydrogens is 568 g/mol. The summed E-state index contributed by atoms with van der Waals surface area (Å²) in [5.41, 5.74) is 1.98. The standard InChI is InChI=1S/C32H42N6O4.ClH/c1-20(33-5)30(40)37-28(32(2,3)4)31(41)38-14-10-13-25(38)26(39)16-22-15-23-24(17-27(22)42-6)35-19-36-29(23)34-18-21-11-8-7-9-12-21;/h7-9,11-12,15,17,19-20,25,28,33H,10,13-14,16,18H2,1-6H3,(H,37,40)(H,34,35,36);1H/t20-,25-,28+;/m0./s1. The van der Waals surface area contributed by atoms with Crippen LogP contribution in [0.4, 0.5) is 5.82 Å². The third-order valence-electron chi connectivity index (χ3n) is 7.84. The molecule has 0 saturated carbocycles. The number of amides is 2. The molecule has 1 saturated heterocycles. The van der Waals surface area contributed by atoms with Crippen LogP contribution in [-0.4, -0.2) is 71.3 Å². The summed E-state index contributed by atoms with van der Waals surface area (Å²) >= 11 is 0. The lowest BCUT2D eigenvalue weighted by atomic mass is 9.85. The predicted octanol–water partition coefficient (Wildman–Crippen LogP) is 3.91. The molecule has 11 heteroatoms. The fourth-order valence-electron chi connectivity index (χ4n) is 5.26. The number of ether oxygens (including phenoxy) is 1. The van der Waals surface area contributed by atoms with E-state index in [-0.39, 0.29) is 36.4 Å². The summed E-state index contributed by atoms with van der Waals surface area (Å²) in [5, 5.41) is 10.00. The molecule has 1 aliphatic rings. The molecule has 10 nitrogen and oxygen atoms in total. The molecule has 2 aromatic carbocycles. The van der Waals surface area contributed by atoms with E-state index in [0.29, 0.717) is 42.2 Å². The summed E-state index contributed by atoms with van der Waals surface area (Å²) in [6, 6.07) is 11.9. The Morgan fingerprint density at radius 3 is 2.49 bits per heavy atom. The number of hydrogen-bond donors (Lipinski definition) is 3. The van der Waals surface area contributed by atoms with Gasteiger partial charge in [0.15, 0.2) is 5.78 Å². The van der Waals surface area contributed by atoms with Gasteiger partial charge in [-0.05, 0) is 43.9 Å². The van der Waals surface area contributed by atoms with E-state index in [1.807, 2.05) is 63.2 Å². The van der Waals surface area contributed by atoms with Gasteiger partial charge in [0, 0.05) is 36.5 Å². The number of halogens is 1. The van der Waals surface area contributed by atoms with Gasteiger partial charge in [-0.1, -0.05) is 51.1 Å². The highest BCUT2D eigenvalue weighted by molar-refractivity contribution is 5.96. The lowest BCUT2D eigenvalue weighted by Crippen LogP contribution is -2.58. The minimum atomic E-state index is -0.764. The van der Waals surface area contributed by atoms with Gasteiger partial charge in [-0.25, -0.2) is 9.97 Å². The van der Waals surface area contributed by atoms with Crippen molar-refractivity contribution in [1.82, 2.24) is 25.5 Å². The van der Waals surface area contributed by atoms with Crippen molar-refractivity contribution in [3.8, 4) is 5.75 Å². The monoisotopic (exact) mass is 610 g/mol. The van der Waals surface area contributed by atoms with Crippen molar-refractivity contribution in [2.75, 3.05) is 26.0 Å². The second-order valence-electron chi connectivity index (χ2n) is 11.9. The molecule has 232 valence electrons. The number of hydrogen-bond acceptors (Lipinski definition) is 8. The van der Waals surface area contributed by atoms with Crippen LogP contribution in [0.1, 0.15) is 51.7 Å². The van der Waals surface area contributed by atoms with E-state index < -0.39 is 23.5 Å². The van der Waals surface area contributed by atoms with E-state index in [4.69, 9.17) is 4.74 Å². The van der Waals surface area contributed by atoms with Gasteiger partial charge in [0.2, 0.25) is 11.8 Å². The van der Waals surface area contributed by atoms with Crippen LogP contribution in [-0.2, 0) is 27.3 Å². The molecule has 3 aromatic rings. The molecular formula is C32H43ClN6O4. The highest BCUT2D eigenvalue weighted by Gasteiger charge is 2.42. The first-order chi connectivity index (χ1) is 20.0. The van der Waals surface area contributed by atoms with Gasteiger partial charge >= 0.3 is 0 Å². The van der Waals surface area contributed by atoms with Crippen molar-refractivity contribution in [2.45, 2.75) is 71.6 Å². The van der Waals surface area contributed by atoms with Gasteiger partial charge in [0.05, 0.1) is 24.7 Å². The Bertz CT molecular complexity index is 1430. The summed E-state index contributed by atoms with van der Waals surface area (Å²) in [6.07, 6.45) is 2.88. The van der Waals surface area contributed by atoms with Crippen molar-refractivity contribution in [1.29, 1.82) is 0 Å². The van der Waals surface area contributed by atoms with Crippen LogP contribution >= 0.6 is 12.4 Å². The molecule has 0 spiro atoms. The smallest absolute Gasteiger partial charge is 0.246 e. The van der Waals surface area contributed by atoms with E-state index >= 15 is 0 Å². The molecule has 3 N–H and O–H groups in total. The van der Waals surface area contributed by atoms with Gasteiger partial charge in [0.1, 0.15) is 23.9 Å². The molecule has 1 aromatic heterocycles. The summed E-state index contributed by atoms with van der Waals surface area (Å²) in [4.78, 5) is 50.8. The van der Waals surface area contributed by atoms with Crippen molar-refractivity contribution in [3.63, 3.8) is 0 Å². The number of rotatable bonds is 11. The topological polar surface area (TPSA) is 126 Å². The van der Waals surface area contributed by atoms with Gasteiger partial charge < -0.3 is 25.6 Å². The first-order valence-electron chi connectivity index (χ1n) is 14.4. The summed E-state index contributed by atoms with van der Waals surface area (Å²) in [6.45, 7) is 8.54. The SMILES string of the molecule is CN[C@@H](C)C(=O)N[C@H](C(=O)N1CCC[C@H]1C(=O)Cc1cc2c(NCc3ccccc3)ncnc2cc1OC)C(C)(C)C.Cl. The van der Waals surface area contributed by atoms with E-state index in [1.54, 1.807) is 26.0 Å². The van der Waals surface area contributed by atoms with Crippen LogP contribution in [0.25, 0.3) is 10.9 Å². The van der Waals surface area contributed by atoms with Crippen molar-refractivity contribution < 1.29 is 19.1 Å². The number of benzene rings is 2. The Morgan fingerprint density at radius 1 is 1.12 bits per heavy atom. The number of carbonyl (C=O) groups excluding carboxylic acids is 3. The summed E-state index contributed by atoms with van der Waals surface area (Å²) < 4.78 is 5.65. The van der Waals surface area contributed by atoms with E-state index in [1.165, 1.54) is 6.33 Å². The van der Waals surface area contributed by atoms with Gasteiger partial charge in [-0.3, -0.25) is 14.4 Å². The Labute approximate surface area is 259 Å². The number of likely N-dealkylation sites (N-methyl/N-ethyl adjacent to an activating group) is 1. The molecule has 0 radical (unpaired) electrons. The normalized spacial score (nSPS) is 16.2. The molecule has 3 atom stereocenters. The molecule has 1 aliphatic heterocycles. The molecule has 43 heavy (non-hydrogen) atoms. The van der Waals surface area contributed by atoms with Crippen LogP contribution in [0.2, 0.25) is 0 Å². The number of aromatic nitrogens is 2. The quantitative estimate of drug-likeness (QED) is 0.298. The Hall–Kier alpha value is -3.76. The molecule has 2 amide bonds. The van der Waals surface area contributed by atoms with Crippen LogP contribution in [0.3, 0.4) is 0 Å². The largest absolute Gasteiger partial charge is 0.496 e. The first-order valence-corrected chi connectivity index (χ1v) is 14.4. The lowest BCUT2D eigenvalue weighted by molar-refractivity contribution is -0.143. The zero-order valence-electron chi connectivity index (χ0n) is 25.8. The Kier molecular flexibility index (Phi) is 11.5. The number of nitrogens with zero attached hydrogens (tertiary/aromatic N) is 3. The molecule has 4 rings (SSSR count). The average molecular weight is 611 g/mol. The number of anilines is 1. The second kappa shape index (κ2) is 14.6. The fraction of sp³-hybridized carbons (Fsp3) is 0.469. The van der Waals surface area contributed by atoms with E-state index in [2.05, 4.69) is 25.9 Å². The molecule has 0 unspecified atom stereocenters. The number of carbonyl (C=O) groups is 3. The Morgan fingerprint density at radius 2 is 1.84 bits per heavy atom. The number of ketones is 1. The molecule has 0 aliphatic carbocycles. The van der Waals surface area contributed by atoms with E-state index in [9.17, 15) is 14.4 Å². The minimum Gasteiger partial charge on any atom is -0.496 e. The van der Waals surface area contributed by atoms with Crippen molar-refractivity contribution >= 4 is 46.7 Å². The van der Waals surface area contributed by atoms with Crippen molar-refractivity contribution in [3.05, 3.63) is 59.9 Å². The number of likely N-dealkylation sites (tertiary alicyclic amines) is 1. The third kappa shape index (κ3) is 8.00. The number of nitrogens with one attached hydrogen (secondary N) is 3. The number of Topliss-reactive ketones (excluding diaryl/α,β-unsaturated/α-hetero) is 1. The number of methoxy groups -OCH3 is 1. The summed E-state index contributed by atoms with van der Waals surface area (Å²) in [7, 11) is 3.27. The van der Waals surface area contributed by atoms with Crippen LogP contribution in [0, 0.1) is 5.41 Å². The zero-order valence-corrected chi connectivity index (χ0v) is 26.6. The first kappa shape index (κ1) is 33.7. The van der Waals surface area contributed by atoms with Gasteiger partial charge in [-0.2, -0.15) is 0 Å². The average Bonchev–Trinajstić information content (AvgIpc) is 3.48. The van der Waals surface area contributed by atoms with E-state index in [0.717, 1.165) is 17.4 Å². The molecule has 1 fully saturated rings. The third-order valence-corrected chi connectivity index (χ3v) is 7.84. The molecule has 0 bridgehead atoms. The number of fused-ring (bicyclic) bond motifs is 1. The minimum absolute atomic E-state index is 0. The highest BCUT2D eigenvalue weighted by atomic mass is 35.5. The highest BCUT2D eigenvalue weighted by Crippen LogP contribution is 2.31. The molecule has 2 heterocycles. The van der Waals surface area contributed by atoms with Gasteiger partial charge in [-0.15, -0.1) is 12.4 Å².